The van der Waals surface area contributed by atoms with Crippen LogP contribution < -0.4 is 0 Å². The molecule has 72 valence electrons. The van der Waals surface area contributed by atoms with Crippen molar-refractivity contribution in [1.29, 1.82) is 0 Å². The highest BCUT2D eigenvalue weighted by atomic mass is 79.9. The zero-order valence-corrected chi connectivity index (χ0v) is 9.40. The van der Waals surface area contributed by atoms with E-state index < -0.39 is 0 Å². The van der Waals surface area contributed by atoms with Crippen LogP contribution in [0, 0.1) is 0 Å². The third kappa shape index (κ3) is 1.85. The van der Waals surface area contributed by atoms with Gasteiger partial charge in [-0.15, -0.1) is 5.10 Å². The van der Waals surface area contributed by atoms with Gasteiger partial charge in [0.25, 0.3) is 0 Å². The molecule has 14 heavy (non-hydrogen) atoms. The summed E-state index contributed by atoms with van der Waals surface area (Å²) >= 11 is 3.40. The summed E-state index contributed by atoms with van der Waals surface area (Å²) in [6, 6.07) is 8.04. The number of hydrogen-bond acceptors (Lipinski definition) is 2. The summed E-state index contributed by atoms with van der Waals surface area (Å²) in [6.07, 6.45) is 1.95. The van der Waals surface area contributed by atoms with E-state index in [-0.39, 0.29) is 0 Å². The zero-order valence-electron chi connectivity index (χ0n) is 7.81. The van der Waals surface area contributed by atoms with Crippen LogP contribution in [0.2, 0.25) is 0 Å². The van der Waals surface area contributed by atoms with Gasteiger partial charge in [-0.2, -0.15) is 0 Å². The lowest BCUT2D eigenvalue weighted by molar-refractivity contribution is 0.627. The maximum atomic E-state index is 4.08. The molecule has 0 atom stereocenters. The van der Waals surface area contributed by atoms with E-state index in [1.165, 1.54) is 0 Å². The molecule has 0 aliphatic heterocycles. The molecule has 1 aromatic carbocycles. The molecular formula is C10H10BrN3. The third-order valence-corrected chi connectivity index (χ3v) is 2.53. The molecule has 2 rings (SSSR count). The molecule has 0 aliphatic carbocycles. The number of halogens is 1. The number of aryl methyl sites for hydroxylation is 1. The Bertz CT molecular complexity index is 419. The number of hydrogen-bond donors (Lipinski definition) is 0. The van der Waals surface area contributed by atoms with Crippen molar-refractivity contribution in [2.45, 2.75) is 13.5 Å². The van der Waals surface area contributed by atoms with E-state index in [1.54, 1.807) is 0 Å². The smallest absolute Gasteiger partial charge is 0.113 e. The molecule has 0 amide bonds. The van der Waals surface area contributed by atoms with Crippen LogP contribution in [-0.2, 0) is 6.54 Å². The predicted molar refractivity (Wildman–Crippen MR) is 58.8 cm³/mol. The van der Waals surface area contributed by atoms with Gasteiger partial charge in [0.15, 0.2) is 0 Å². The molecule has 0 bridgehead atoms. The van der Waals surface area contributed by atoms with Crippen molar-refractivity contribution in [2.24, 2.45) is 0 Å². The minimum absolute atomic E-state index is 0.851. The van der Waals surface area contributed by atoms with Gasteiger partial charge >= 0.3 is 0 Å². The maximum absolute atomic E-state index is 4.08. The normalized spacial score (nSPS) is 10.4. The van der Waals surface area contributed by atoms with Crippen molar-refractivity contribution in [3.8, 4) is 11.3 Å². The fourth-order valence-corrected chi connectivity index (χ4v) is 1.47. The molecule has 0 radical (unpaired) electrons. The molecule has 4 heteroatoms. The third-order valence-electron chi connectivity index (χ3n) is 2.00. The highest BCUT2D eigenvalue weighted by Crippen LogP contribution is 2.18. The first-order valence-corrected chi connectivity index (χ1v) is 5.25. The van der Waals surface area contributed by atoms with Crippen molar-refractivity contribution >= 4 is 15.9 Å². The predicted octanol–water partition coefficient (Wildman–Crippen LogP) is 2.73. The Kier molecular flexibility index (Phi) is 2.63. The summed E-state index contributed by atoms with van der Waals surface area (Å²) in [7, 11) is 0. The lowest BCUT2D eigenvalue weighted by atomic mass is 10.2. The summed E-state index contributed by atoms with van der Waals surface area (Å²) in [4.78, 5) is 0. The maximum Gasteiger partial charge on any atom is 0.113 e. The Hall–Kier alpha value is -1.16. The average molecular weight is 252 g/mol. The number of rotatable bonds is 2. The lowest BCUT2D eigenvalue weighted by Gasteiger charge is -1.94. The van der Waals surface area contributed by atoms with Gasteiger partial charge in [0.05, 0.1) is 6.20 Å². The molecule has 0 saturated carbocycles. The van der Waals surface area contributed by atoms with Crippen LogP contribution in [-0.4, -0.2) is 15.0 Å². The first kappa shape index (κ1) is 9.40. The average Bonchev–Trinajstić information content (AvgIpc) is 2.67. The Morgan fingerprint density at radius 3 is 2.57 bits per heavy atom. The van der Waals surface area contributed by atoms with Crippen molar-refractivity contribution in [2.75, 3.05) is 0 Å². The summed E-state index contributed by atoms with van der Waals surface area (Å²) in [6.45, 7) is 2.89. The fraction of sp³-hybridized carbons (Fsp3) is 0.200. The van der Waals surface area contributed by atoms with Crippen molar-refractivity contribution in [3.05, 3.63) is 34.9 Å². The minimum atomic E-state index is 0.851. The Labute approximate surface area is 90.9 Å². The van der Waals surface area contributed by atoms with E-state index in [0.29, 0.717) is 0 Å². The summed E-state index contributed by atoms with van der Waals surface area (Å²) < 4.78 is 2.89. The second-order valence-electron chi connectivity index (χ2n) is 2.97. The van der Waals surface area contributed by atoms with Gasteiger partial charge in [-0.05, 0) is 19.1 Å². The quantitative estimate of drug-likeness (QED) is 0.822. The van der Waals surface area contributed by atoms with Crippen molar-refractivity contribution in [1.82, 2.24) is 15.0 Å². The van der Waals surface area contributed by atoms with E-state index in [4.69, 9.17) is 0 Å². The monoisotopic (exact) mass is 251 g/mol. The molecule has 0 fully saturated rings. The Balaban J connectivity index is 2.34. The van der Waals surface area contributed by atoms with Gasteiger partial charge in [0.1, 0.15) is 5.69 Å². The molecule has 1 heterocycles. The van der Waals surface area contributed by atoms with Crippen molar-refractivity contribution in [3.63, 3.8) is 0 Å². The first-order chi connectivity index (χ1) is 6.79. The van der Waals surface area contributed by atoms with Gasteiger partial charge in [0, 0.05) is 16.6 Å². The van der Waals surface area contributed by atoms with Gasteiger partial charge in [-0.3, -0.25) is 4.68 Å². The SMILES string of the molecule is CCn1cc(-c2ccc(Br)cc2)nn1. The number of nitrogens with zero attached hydrogens (tertiary/aromatic N) is 3. The summed E-state index contributed by atoms with van der Waals surface area (Å²) in [5.41, 5.74) is 2.01. The highest BCUT2D eigenvalue weighted by Gasteiger charge is 2.01. The van der Waals surface area contributed by atoms with Crippen LogP contribution in [0.25, 0.3) is 11.3 Å². The zero-order chi connectivity index (χ0) is 9.97. The van der Waals surface area contributed by atoms with Crippen LogP contribution in [0.5, 0.6) is 0 Å². The van der Waals surface area contributed by atoms with E-state index in [9.17, 15) is 0 Å². The largest absolute Gasteiger partial charge is 0.252 e. The number of aromatic nitrogens is 3. The molecular weight excluding hydrogens is 242 g/mol. The molecule has 0 N–H and O–H groups in total. The Morgan fingerprint density at radius 1 is 1.29 bits per heavy atom. The minimum Gasteiger partial charge on any atom is -0.252 e. The van der Waals surface area contributed by atoms with E-state index in [0.717, 1.165) is 22.3 Å². The molecule has 2 aromatic rings. The molecule has 0 unspecified atom stereocenters. The van der Waals surface area contributed by atoms with Crippen LogP contribution in [0.4, 0.5) is 0 Å². The molecule has 1 aromatic heterocycles. The van der Waals surface area contributed by atoms with Gasteiger partial charge in [-0.25, -0.2) is 0 Å². The second-order valence-corrected chi connectivity index (χ2v) is 3.88. The van der Waals surface area contributed by atoms with E-state index in [2.05, 4.69) is 26.2 Å². The van der Waals surface area contributed by atoms with Crippen molar-refractivity contribution < 1.29 is 0 Å². The second kappa shape index (κ2) is 3.92. The fourth-order valence-electron chi connectivity index (χ4n) is 1.21. The highest BCUT2D eigenvalue weighted by molar-refractivity contribution is 9.10. The van der Waals surface area contributed by atoms with Crippen LogP contribution in [0.3, 0.4) is 0 Å². The number of benzene rings is 1. The molecule has 3 nitrogen and oxygen atoms in total. The molecule has 0 aliphatic rings. The van der Waals surface area contributed by atoms with Gasteiger partial charge in [-0.1, -0.05) is 33.3 Å². The van der Waals surface area contributed by atoms with Crippen LogP contribution >= 0.6 is 15.9 Å². The summed E-state index contributed by atoms with van der Waals surface area (Å²) in [5.74, 6) is 0. The van der Waals surface area contributed by atoms with E-state index >= 15 is 0 Å². The van der Waals surface area contributed by atoms with Crippen LogP contribution in [0.1, 0.15) is 6.92 Å². The summed E-state index contributed by atoms with van der Waals surface area (Å²) in [5, 5.41) is 8.07. The first-order valence-electron chi connectivity index (χ1n) is 4.45. The van der Waals surface area contributed by atoms with E-state index in [1.807, 2.05) is 42.1 Å². The topological polar surface area (TPSA) is 30.7 Å². The van der Waals surface area contributed by atoms with Gasteiger partial charge in [0.2, 0.25) is 0 Å². The Morgan fingerprint density at radius 2 is 2.00 bits per heavy atom. The lowest BCUT2D eigenvalue weighted by Crippen LogP contribution is -1.93. The molecule has 0 saturated heterocycles. The van der Waals surface area contributed by atoms with Gasteiger partial charge < -0.3 is 0 Å². The van der Waals surface area contributed by atoms with Crippen LogP contribution in [0.15, 0.2) is 34.9 Å². The molecule has 0 spiro atoms. The standard InChI is InChI=1S/C10H10BrN3/c1-2-14-7-10(12-13-14)8-3-5-9(11)6-4-8/h3-7H,2H2,1H3.